The number of aliphatic hydroxyl groups excluding tert-OH is 1. The molecule has 15 heteroatoms. The lowest BCUT2D eigenvalue weighted by atomic mass is 10.1. The lowest BCUT2D eigenvalue weighted by Crippen LogP contribution is -2.58. The number of carboxylic acid groups (broad SMARTS) is 1. The van der Waals surface area contributed by atoms with E-state index in [1.54, 1.807) is 0 Å². The van der Waals surface area contributed by atoms with E-state index in [2.05, 4.69) is 33.6 Å². The summed E-state index contributed by atoms with van der Waals surface area (Å²) < 4.78 is 0. The van der Waals surface area contributed by atoms with Crippen molar-refractivity contribution in [3.8, 4) is 0 Å². The Morgan fingerprint density at radius 3 is 2.03 bits per heavy atom. The maximum atomic E-state index is 12.9. The van der Waals surface area contributed by atoms with Crippen molar-refractivity contribution >= 4 is 42.3 Å². The fourth-order valence-electron chi connectivity index (χ4n) is 2.80. The van der Waals surface area contributed by atoms with Gasteiger partial charge in [0.15, 0.2) is 12.0 Å². The molecular weight excluding hydrogens is 468 g/mol. The molecule has 5 atom stereocenters. The highest BCUT2D eigenvalue weighted by molar-refractivity contribution is 7.80. The third kappa shape index (κ3) is 12.6. The number of nitrogens with one attached hydrogen (secondary N) is 3. The highest BCUT2D eigenvalue weighted by Gasteiger charge is 2.31. The lowest BCUT2D eigenvalue weighted by Gasteiger charge is -2.25. The number of nitrogens with zero attached hydrogens (tertiary/aromatic N) is 1. The minimum absolute atomic E-state index is 0.120. The molecule has 0 aliphatic heterocycles. The molecule has 0 heterocycles. The topological polar surface area (TPSA) is 261 Å². The summed E-state index contributed by atoms with van der Waals surface area (Å²) in [6.07, 6.45) is 0.813. The summed E-state index contributed by atoms with van der Waals surface area (Å²) in [4.78, 5) is 52.8. The van der Waals surface area contributed by atoms with Gasteiger partial charge < -0.3 is 49.1 Å². The molecule has 3 amide bonds. The molecule has 0 aromatic rings. The highest BCUT2D eigenvalue weighted by Crippen LogP contribution is 2.04. The number of thiol groups is 1. The number of carbonyl (C=O) groups excluding carboxylic acids is 3. The van der Waals surface area contributed by atoms with E-state index in [9.17, 15) is 24.3 Å². The Labute approximate surface area is 204 Å². The normalized spacial score (nSPS) is 15.2. The van der Waals surface area contributed by atoms with Crippen molar-refractivity contribution < 1.29 is 29.4 Å². The first-order valence-corrected chi connectivity index (χ1v) is 11.5. The van der Waals surface area contributed by atoms with Gasteiger partial charge in [-0.2, -0.15) is 12.6 Å². The zero-order chi connectivity index (χ0) is 26.3. The maximum absolute atomic E-state index is 12.9. The van der Waals surface area contributed by atoms with E-state index in [4.69, 9.17) is 28.0 Å². The zero-order valence-corrected chi connectivity index (χ0v) is 20.2. The first kappa shape index (κ1) is 31.4. The Bertz CT molecular complexity index is 704. The van der Waals surface area contributed by atoms with Crippen LogP contribution in [0.5, 0.6) is 0 Å². The number of unbranched alkanes of at least 4 members (excludes halogenated alkanes) is 1. The van der Waals surface area contributed by atoms with Crippen molar-refractivity contribution in [1.82, 2.24) is 16.0 Å². The quantitative estimate of drug-likeness (QED) is 0.0400. The first-order chi connectivity index (χ1) is 15.9. The summed E-state index contributed by atoms with van der Waals surface area (Å²) in [6.45, 7) is 1.87. The molecule has 0 bridgehead atoms. The van der Waals surface area contributed by atoms with E-state index in [1.165, 1.54) is 6.92 Å². The molecule has 0 radical (unpaired) electrons. The van der Waals surface area contributed by atoms with E-state index >= 15 is 0 Å². The SMILES string of the molecule is CC(O)C(NC(=O)C(CS)NC(=O)C(CCCN=C(N)N)NC(=O)C(N)CCCCN)C(=O)O. The number of hydrogen-bond donors (Lipinski definition) is 10. The molecule has 14 nitrogen and oxygen atoms in total. The molecule has 0 rings (SSSR count). The second kappa shape index (κ2) is 16.9. The largest absolute Gasteiger partial charge is 0.480 e. The summed E-state index contributed by atoms with van der Waals surface area (Å²) in [7, 11) is 0. The number of hydrogen-bond acceptors (Lipinski definition) is 9. The monoisotopic (exact) mass is 506 g/mol. The van der Waals surface area contributed by atoms with Crippen molar-refractivity contribution in [2.45, 2.75) is 69.3 Å². The summed E-state index contributed by atoms with van der Waals surface area (Å²) in [5.41, 5.74) is 21.9. The molecule has 0 aliphatic rings. The van der Waals surface area contributed by atoms with Gasteiger partial charge in [0, 0.05) is 12.3 Å². The molecule has 0 saturated heterocycles. The van der Waals surface area contributed by atoms with Gasteiger partial charge in [-0.1, -0.05) is 6.42 Å². The molecule has 196 valence electrons. The van der Waals surface area contributed by atoms with Crippen LogP contribution in [0.15, 0.2) is 4.99 Å². The van der Waals surface area contributed by atoms with Crippen molar-refractivity contribution in [3.05, 3.63) is 0 Å². The Morgan fingerprint density at radius 2 is 1.53 bits per heavy atom. The van der Waals surface area contributed by atoms with Crippen LogP contribution in [0.3, 0.4) is 0 Å². The Kier molecular flexibility index (Phi) is 15.6. The molecule has 13 N–H and O–H groups in total. The minimum Gasteiger partial charge on any atom is -0.480 e. The Hall–Kier alpha value is -2.62. The van der Waals surface area contributed by atoms with Crippen LogP contribution in [0.4, 0.5) is 0 Å². The van der Waals surface area contributed by atoms with Crippen LogP contribution >= 0.6 is 12.6 Å². The molecule has 0 aromatic carbocycles. The first-order valence-electron chi connectivity index (χ1n) is 10.9. The molecule has 5 unspecified atom stereocenters. The molecule has 0 fully saturated rings. The van der Waals surface area contributed by atoms with Gasteiger partial charge in [-0.25, -0.2) is 4.79 Å². The van der Waals surface area contributed by atoms with Crippen molar-refractivity contribution in [1.29, 1.82) is 0 Å². The average Bonchev–Trinajstić information content (AvgIpc) is 2.76. The average molecular weight is 507 g/mol. The van der Waals surface area contributed by atoms with E-state index in [0.29, 0.717) is 32.2 Å². The van der Waals surface area contributed by atoms with E-state index in [1.807, 2.05) is 0 Å². The number of amides is 3. The molecule has 0 saturated carbocycles. The third-order valence-electron chi connectivity index (χ3n) is 4.75. The predicted molar refractivity (Wildman–Crippen MR) is 130 cm³/mol. The Morgan fingerprint density at radius 1 is 0.941 bits per heavy atom. The summed E-state index contributed by atoms with van der Waals surface area (Å²) in [5, 5.41) is 25.8. The van der Waals surface area contributed by atoms with Gasteiger partial charge in [-0.05, 0) is 39.2 Å². The van der Waals surface area contributed by atoms with Gasteiger partial charge in [0.05, 0.1) is 12.1 Å². The summed E-state index contributed by atoms with van der Waals surface area (Å²) >= 11 is 4.03. The fourth-order valence-corrected chi connectivity index (χ4v) is 3.06. The van der Waals surface area contributed by atoms with Crippen molar-refractivity contribution in [2.24, 2.45) is 27.9 Å². The third-order valence-corrected chi connectivity index (χ3v) is 5.11. The number of carbonyl (C=O) groups is 4. The number of aliphatic carboxylic acids is 1. The summed E-state index contributed by atoms with van der Waals surface area (Å²) in [5.74, 6) is -3.85. The van der Waals surface area contributed by atoms with E-state index in [-0.39, 0.29) is 24.7 Å². The van der Waals surface area contributed by atoms with Crippen LogP contribution < -0.4 is 38.9 Å². The molecule has 0 aromatic heterocycles. The number of carboxylic acids is 1. The second-order valence-corrected chi connectivity index (χ2v) is 8.07. The van der Waals surface area contributed by atoms with Crippen molar-refractivity contribution in [3.63, 3.8) is 0 Å². The van der Waals surface area contributed by atoms with Gasteiger partial charge in [0.1, 0.15) is 12.1 Å². The van der Waals surface area contributed by atoms with Crippen LogP contribution in [-0.4, -0.2) is 89.0 Å². The number of aliphatic imine (C=N–C) groups is 1. The predicted octanol–water partition coefficient (Wildman–Crippen LogP) is -3.65. The van der Waals surface area contributed by atoms with Gasteiger partial charge in [0.25, 0.3) is 0 Å². The fraction of sp³-hybridized carbons (Fsp3) is 0.737. The standard InChI is InChI=1S/C19H38N8O6S/c1-10(28)14(18(32)33)27-17(31)13(9-34)26-16(30)12(6-4-8-24-19(22)23)25-15(29)11(21)5-2-3-7-20/h10-14,28,34H,2-9,20-21H2,1H3,(H,25,29)(H,26,30)(H,27,31)(H,32,33)(H4,22,23,24). The second-order valence-electron chi connectivity index (χ2n) is 7.71. The molecule has 0 aliphatic carbocycles. The number of nitrogens with two attached hydrogens (primary N) is 4. The minimum atomic E-state index is -1.58. The van der Waals surface area contributed by atoms with Gasteiger partial charge in [-0.15, -0.1) is 0 Å². The van der Waals surface area contributed by atoms with Gasteiger partial charge in [-0.3, -0.25) is 19.4 Å². The number of rotatable bonds is 17. The van der Waals surface area contributed by atoms with Gasteiger partial charge in [0.2, 0.25) is 17.7 Å². The van der Waals surface area contributed by atoms with Crippen molar-refractivity contribution in [2.75, 3.05) is 18.8 Å². The maximum Gasteiger partial charge on any atom is 0.328 e. The smallest absolute Gasteiger partial charge is 0.328 e. The van der Waals surface area contributed by atoms with Crippen LogP contribution in [0, 0.1) is 0 Å². The molecule has 0 spiro atoms. The van der Waals surface area contributed by atoms with E-state index < -0.39 is 54.0 Å². The lowest BCUT2D eigenvalue weighted by molar-refractivity contribution is -0.145. The van der Waals surface area contributed by atoms with Crippen LogP contribution in [-0.2, 0) is 19.2 Å². The number of guanidine groups is 1. The van der Waals surface area contributed by atoms with E-state index in [0.717, 1.165) is 0 Å². The zero-order valence-electron chi connectivity index (χ0n) is 19.3. The summed E-state index contributed by atoms with van der Waals surface area (Å²) in [6, 6.07) is -4.73. The van der Waals surface area contributed by atoms with Crippen LogP contribution in [0.25, 0.3) is 0 Å². The van der Waals surface area contributed by atoms with Crippen LogP contribution in [0.1, 0.15) is 39.0 Å². The van der Waals surface area contributed by atoms with Gasteiger partial charge >= 0.3 is 5.97 Å². The Balaban J connectivity index is 5.30. The molecule has 34 heavy (non-hydrogen) atoms. The highest BCUT2D eigenvalue weighted by atomic mass is 32.1. The number of aliphatic hydroxyl groups is 1. The van der Waals surface area contributed by atoms with Crippen LogP contribution in [0.2, 0.25) is 0 Å². The molecular formula is C19H38N8O6S.